The molecule has 1 aliphatic carbocycles. The van der Waals surface area contributed by atoms with Crippen molar-refractivity contribution in [3.05, 3.63) is 72.3 Å². The molecule has 11 nitrogen and oxygen atoms in total. The fourth-order valence-electron chi connectivity index (χ4n) is 6.46. The highest BCUT2D eigenvalue weighted by atomic mass is 32.2. The van der Waals surface area contributed by atoms with Crippen molar-refractivity contribution in [1.29, 1.82) is 0 Å². The van der Waals surface area contributed by atoms with Gasteiger partial charge in [0.15, 0.2) is 9.84 Å². The first-order valence-electron chi connectivity index (χ1n) is 16.6. The molecule has 48 heavy (non-hydrogen) atoms. The van der Waals surface area contributed by atoms with Gasteiger partial charge in [0.05, 0.1) is 29.0 Å². The average molecular weight is 700 g/mol. The van der Waals surface area contributed by atoms with Gasteiger partial charge in [-0.3, -0.25) is 0 Å². The van der Waals surface area contributed by atoms with Crippen LogP contribution in [0.2, 0.25) is 0 Å². The highest BCUT2D eigenvalue weighted by Gasteiger charge is 2.45. The second-order valence-corrected chi connectivity index (χ2v) is 17.0. The number of hydrogen-bond acceptors (Lipinski definition) is 10. The van der Waals surface area contributed by atoms with Crippen LogP contribution in [0.1, 0.15) is 44.6 Å². The van der Waals surface area contributed by atoms with Crippen LogP contribution in [0.3, 0.4) is 0 Å². The van der Waals surface area contributed by atoms with E-state index in [0.29, 0.717) is 76.5 Å². The number of aliphatic hydroxyl groups is 1. The molecule has 4 N–H and O–H groups in total. The van der Waals surface area contributed by atoms with Gasteiger partial charge in [0.1, 0.15) is 29.1 Å². The number of piperidine rings is 1. The summed E-state index contributed by atoms with van der Waals surface area (Å²) < 4.78 is 72.3. The van der Waals surface area contributed by atoms with Crippen LogP contribution in [0, 0.1) is 0 Å². The monoisotopic (exact) mass is 699 g/mol. The number of sulfonamides is 1. The normalized spacial score (nSPS) is 20.5. The van der Waals surface area contributed by atoms with Crippen LogP contribution in [-0.2, 0) is 31.1 Å². The van der Waals surface area contributed by atoms with Gasteiger partial charge in [-0.1, -0.05) is 36.4 Å². The van der Waals surface area contributed by atoms with Crippen molar-refractivity contribution in [3.63, 3.8) is 0 Å². The van der Waals surface area contributed by atoms with Gasteiger partial charge in [0, 0.05) is 32.2 Å². The average Bonchev–Trinajstić information content (AvgIpc) is 3.90. The number of nitrogens with zero attached hydrogens (tertiary/aromatic N) is 1. The zero-order valence-electron chi connectivity index (χ0n) is 27.2. The first-order valence-corrected chi connectivity index (χ1v) is 19.6. The minimum absolute atomic E-state index is 0.00159. The van der Waals surface area contributed by atoms with Crippen LogP contribution >= 0.6 is 0 Å². The lowest BCUT2D eigenvalue weighted by atomic mass is 9.88. The smallest absolute Gasteiger partial charge is 0.246 e. The first-order chi connectivity index (χ1) is 23.0. The minimum Gasteiger partial charge on any atom is -0.492 e. The van der Waals surface area contributed by atoms with Gasteiger partial charge in [0.25, 0.3) is 0 Å². The predicted molar refractivity (Wildman–Crippen MR) is 182 cm³/mol. The second kappa shape index (κ2) is 14.4. The standard InChI is InChI=1S/C35H45N3O8S2/c1-2-44-33-13-10-27(26-8-6-25(21-36)7-9-26)18-34(33)48(42,43)38-16-14-35(15-17-38)20-28(23-46-35)37-22-29(39)24-45-30-4-3-5-32(19-30)47(40,41)31-11-12-31/h3-10,13,18-19,28-29,31,37,39H,2,11-12,14-17,20-24,36H2,1H3/t28-,29?/m0/s1. The van der Waals surface area contributed by atoms with Crippen molar-refractivity contribution in [2.24, 2.45) is 5.73 Å². The van der Waals surface area contributed by atoms with Crippen LogP contribution in [0.5, 0.6) is 11.5 Å². The van der Waals surface area contributed by atoms with Crippen LogP contribution in [0.15, 0.2) is 76.5 Å². The molecule has 3 fully saturated rings. The maximum absolute atomic E-state index is 14.0. The summed E-state index contributed by atoms with van der Waals surface area (Å²) in [6.07, 6.45) is 2.38. The fourth-order valence-corrected chi connectivity index (χ4v) is 9.75. The summed E-state index contributed by atoms with van der Waals surface area (Å²) in [6.45, 7) is 4.00. The minimum atomic E-state index is -3.84. The number of aliphatic hydroxyl groups excluding tert-OH is 1. The molecule has 2 atom stereocenters. The molecule has 13 heteroatoms. The summed E-state index contributed by atoms with van der Waals surface area (Å²) in [4.78, 5) is 0.402. The van der Waals surface area contributed by atoms with E-state index in [2.05, 4.69) is 5.32 Å². The molecule has 2 aliphatic heterocycles. The van der Waals surface area contributed by atoms with Crippen molar-refractivity contribution in [3.8, 4) is 22.6 Å². The molecular formula is C35H45N3O8S2. The van der Waals surface area contributed by atoms with Crippen molar-refractivity contribution in [1.82, 2.24) is 9.62 Å². The number of sulfone groups is 1. The second-order valence-electron chi connectivity index (χ2n) is 12.9. The Morgan fingerprint density at radius 3 is 2.42 bits per heavy atom. The maximum atomic E-state index is 14.0. The Balaban J connectivity index is 1.02. The van der Waals surface area contributed by atoms with Crippen LogP contribution in [-0.4, -0.2) is 88.7 Å². The van der Waals surface area contributed by atoms with E-state index < -0.39 is 31.6 Å². The molecule has 0 amide bonds. The number of benzene rings is 3. The summed E-state index contributed by atoms with van der Waals surface area (Å²) in [5, 5.41) is 13.6. The highest BCUT2D eigenvalue weighted by Crippen LogP contribution is 2.39. The molecule has 1 spiro atoms. The van der Waals surface area contributed by atoms with Gasteiger partial charge in [-0.05, 0) is 86.1 Å². The molecule has 3 aromatic carbocycles. The van der Waals surface area contributed by atoms with E-state index in [0.717, 1.165) is 16.7 Å². The van der Waals surface area contributed by atoms with Gasteiger partial charge in [-0.15, -0.1) is 0 Å². The molecule has 0 aromatic heterocycles. The number of hydrogen-bond donors (Lipinski definition) is 3. The molecule has 6 rings (SSSR count). The SMILES string of the molecule is CCOc1ccc(-c2ccc(CN)cc2)cc1S(=O)(=O)N1CCC2(CC1)C[C@H](NCC(O)COc1cccc(S(=O)(=O)C3CC3)c1)CO2. The van der Waals surface area contributed by atoms with E-state index in [1.54, 1.807) is 30.3 Å². The number of ether oxygens (including phenoxy) is 3. The van der Waals surface area contributed by atoms with E-state index in [9.17, 15) is 21.9 Å². The highest BCUT2D eigenvalue weighted by molar-refractivity contribution is 7.92. The zero-order chi connectivity index (χ0) is 33.9. The van der Waals surface area contributed by atoms with Gasteiger partial charge < -0.3 is 30.4 Å². The third-order valence-corrected chi connectivity index (χ3v) is 13.6. The van der Waals surface area contributed by atoms with Crippen LogP contribution in [0.4, 0.5) is 0 Å². The van der Waals surface area contributed by atoms with Crippen molar-refractivity contribution < 1.29 is 36.2 Å². The van der Waals surface area contributed by atoms with E-state index in [-0.39, 0.29) is 34.2 Å². The third kappa shape index (κ3) is 7.72. The summed E-state index contributed by atoms with van der Waals surface area (Å²) in [5.74, 6) is 0.738. The van der Waals surface area contributed by atoms with Gasteiger partial charge in [-0.25, -0.2) is 16.8 Å². The van der Waals surface area contributed by atoms with Crippen molar-refractivity contribution in [2.45, 2.75) is 78.4 Å². The lowest BCUT2D eigenvalue weighted by Gasteiger charge is -2.38. The first kappa shape index (κ1) is 34.8. The summed E-state index contributed by atoms with van der Waals surface area (Å²) in [6, 6.07) is 19.5. The molecule has 0 bridgehead atoms. The largest absolute Gasteiger partial charge is 0.492 e. The maximum Gasteiger partial charge on any atom is 0.246 e. The molecular weight excluding hydrogens is 655 g/mol. The zero-order valence-corrected chi connectivity index (χ0v) is 28.8. The molecule has 2 saturated heterocycles. The Morgan fingerprint density at radius 1 is 1.00 bits per heavy atom. The quantitative estimate of drug-likeness (QED) is 0.228. The Kier molecular flexibility index (Phi) is 10.5. The van der Waals surface area contributed by atoms with Crippen molar-refractivity contribution >= 4 is 19.9 Å². The third-order valence-electron chi connectivity index (χ3n) is 9.41. The lowest BCUT2D eigenvalue weighted by Crippen LogP contribution is -2.47. The predicted octanol–water partition coefficient (Wildman–Crippen LogP) is 3.49. The summed E-state index contributed by atoms with van der Waals surface area (Å²) in [5.41, 5.74) is 7.98. The number of nitrogens with two attached hydrogens (primary N) is 1. The van der Waals surface area contributed by atoms with E-state index >= 15 is 0 Å². The Labute approximate surface area is 283 Å². The van der Waals surface area contributed by atoms with Gasteiger partial charge in [0.2, 0.25) is 10.0 Å². The van der Waals surface area contributed by atoms with E-state index in [1.807, 2.05) is 37.3 Å². The molecule has 260 valence electrons. The summed E-state index contributed by atoms with van der Waals surface area (Å²) >= 11 is 0. The van der Waals surface area contributed by atoms with Gasteiger partial charge in [-0.2, -0.15) is 4.31 Å². The number of rotatable bonds is 14. The van der Waals surface area contributed by atoms with E-state index in [4.69, 9.17) is 19.9 Å². The Hall–Kier alpha value is -3.04. The molecule has 1 unspecified atom stereocenters. The Bertz CT molecular complexity index is 1790. The topological polar surface area (TPSA) is 157 Å². The van der Waals surface area contributed by atoms with E-state index in [1.165, 1.54) is 10.4 Å². The lowest BCUT2D eigenvalue weighted by molar-refractivity contribution is -0.0312. The summed E-state index contributed by atoms with van der Waals surface area (Å²) in [7, 11) is -7.16. The van der Waals surface area contributed by atoms with Crippen LogP contribution in [0.25, 0.3) is 11.1 Å². The molecule has 2 heterocycles. The Morgan fingerprint density at radius 2 is 1.73 bits per heavy atom. The fraction of sp³-hybridized carbons (Fsp3) is 0.486. The molecule has 1 saturated carbocycles. The molecule has 3 aromatic rings. The number of nitrogens with one attached hydrogen (secondary N) is 1. The van der Waals surface area contributed by atoms with Crippen LogP contribution < -0.4 is 20.5 Å². The molecule has 3 aliphatic rings. The van der Waals surface area contributed by atoms with Gasteiger partial charge >= 0.3 is 0 Å². The molecule has 0 radical (unpaired) electrons. The van der Waals surface area contributed by atoms with Crippen molar-refractivity contribution in [2.75, 3.05) is 39.5 Å².